The van der Waals surface area contributed by atoms with Gasteiger partial charge in [0.25, 0.3) is 0 Å². The third-order valence-electron chi connectivity index (χ3n) is 2.95. The van der Waals surface area contributed by atoms with E-state index in [1.807, 2.05) is 21.1 Å². The number of nitrogens with zero attached hydrogens (tertiary/aromatic N) is 4. The second kappa shape index (κ2) is 6.33. The van der Waals surface area contributed by atoms with Crippen molar-refractivity contribution < 1.29 is 0 Å². The van der Waals surface area contributed by atoms with E-state index in [0.29, 0.717) is 0 Å². The van der Waals surface area contributed by atoms with Gasteiger partial charge in [0.1, 0.15) is 6.33 Å². The van der Waals surface area contributed by atoms with Crippen molar-refractivity contribution >= 4 is 5.69 Å². The Balaban J connectivity index is 1.73. The van der Waals surface area contributed by atoms with Gasteiger partial charge in [-0.2, -0.15) is 5.10 Å². The lowest BCUT2D eigenvalue weighted by atomic mass is 10.2. The van der Waals surface area contributed by atoms with Gasteiger partial charge in [-0.1, -0.05) is 12.1 Å². The van der Waals surface area contributed by atoms with Crippen LogP contribution in [0.2, 0.25) is 0 Å². The minimum atomic E-state index is 0.858. The van der Waals surface area contributed by atoms with Crippen LogP contribution in [-0.2, 0) is 20.0 Å². The van der Waals surface area contributed by atoms with Crippen LogP contribution in [0.4, 0.5) is 5.69 Å². The zero-order valence-electron chi connectivity index (χ0n) is 11.8. The van der Waals surface area contributed by atoms with Gasteiger partial charge in [-0.05, 0) is 17.7 Å². The molecule has 0 saturated heterocycles. The number of anilines is 1. The second-order valence-electron chi connectivity index (χ2n) is 4.82. The van der Waals surface area contributed by atoms with E-state index in [2.05, 4.69) is 44.6 Å². The SMILES string of the molecule is CN(C)c1ccc(CNCCc2ncn(C)n2)cc1. The number of rotatable bonds is 6. The predicted octanol–water partition coefficient (Wildman–Crippen LogP) is 1.21. The van der Waals surface area contributed by atoms with E-state index in [-0.39, 0.29) is 0 Å². The van der Waals surface area contributed by atoms with Gasteiger partial charge < -0.3 is 10.2 Å². The first kappa shape index (κ1) is 13.5. The molecular formula is C14H21N5. The average Bonchev–Trinajstić information content (AvgIpc) is 2.81. The molecule has 5 heteroatoms. The fraction of sp³-hybridized carbons (Fsp3) is 0.429. The van der Waals surface area contributed by atoms with E-state index in [1.165, 1.54) is 11.3 Å². The van der Waals surface area contributed by atoms with Gasteiger partial charge in [-0.3, -0.25) is 4.68 Å². The number of aromatic nitrogens is 3. The molecule has 1 aromatic carbocycles. The van der Waals surface area contributed by atoms with Crippen LogP contribution < -0.4 is 10.2 Å². The summed E-state index contributed by atoms with van der Waals surface area (Å²) in [4.78, 5) is 6.30. The normalized spacial score (nSPS) is 10.7. The highest BCUT2D eigenvalue weighted by molar-refractivity contribution is 5.45. The monoisotopic (exact) mass is 259 g/mol. The minimum Gasteiger partial charge on any atom is -0.378 e. The van der Waals surface area contributed by atoms with Crippen LogP contribution in [0.15, 0.2) is 30.6 Å². The molecule has 0 radical (unpaired) electrons. The van der Waals surface area contributed by atoms with Crippen molar-refractivity contribution in [2.45, 2.75) is 13.0 Å². The Morgan fingerprint density at radius 3 is 2.53 bits per heavy atom. The van der Waals surface area contributed by atoms with Crippen molar-refractivity contribution in [2.75, 3.05) is 25.5 Å². The lowest BCUT2D eigenvalue weighted by Gasteiger charge is -2.12. The molecule has 0 aliphatic heterocycles. The molecule has 0 unspecified atom stereocenters. The van der Waals surface area contributed by atoms with Crippen LogP contribution in [0.5, 0.6) is 0 Å². The summed E-state index contributed by atoms with van der Waals surface area (Å²) < 4.78 is 1.73. The number of hydrogen-bond acceptors (Lipinski definition) is 4. The summed E-state index contributed by atoms with van der Waals surface area (Å²) >= 11 is 0. The van der Waals surface area contributed by atoms with E-state index in [9.17, 15) is 0 Å². The summed E-state index contributed by atoms with van der Waals surface area (Å²) in [5, 5.41) is 7.65. The summed E-state index contributed by atoms with van der Waals surface area (Å²) in [7, 11) is 5.98. The molecule has 0 bridgehead atoms. The number of nitrogens with one attached hydrogen (secondary N) is 1. The van der Waals surface area contributed by atoms with Crippen molar-refractivity contribution in [1.82, 2.24) is 20.1 Å². The molecule has 0 amide bonds. The van der Waals surface area contributed by atoms with Crippen molar-refractivity contribution in [1.29, 1.82) is 0 Å². The van der Waals surface area contributed by atoms with E-state index >= 15 is 0 Å². The minimum absolute atomic E-state index is 0.858. The number of aryl methyl sites for hydroxylation is 1. The van der Waals surface area contributed by atoms with E-state index in [4.69, 9.17) is 0 Å². The topological polar surface area (TPSA) is 46.0 Å². The zero-order chi connectivity index (χ0) is 13.7. The molecule has 5 nitrogen and oxygen atoms in total. The summed E-state index contributed by atoms with van der Waals surface area (Å²) in [5.74, 6) is 0.887. The van der Waals surface area contributed by atoms with Crippen LogP contribution in [0, 0.1) is 0 Å². The van der Waals surface area contributed by atoms with E-state index in [1.54, 1.807) is 11.0 Å². The van der Waals surface area contributed by atoms with E-state index < -0.39 is 0 Å². The van der Waals surface area contributed by atoms with Crippen LogP contribution in [0.3, 0.4) is 0 Å². The van der Waals surface area contributed by atoms with Gasteiger partial charge in [0.15, 0.2) is 5.82 Å². The van der Waals surface area contributed by atoms with Gasteiger partial charge in [-0.15, -0.1) is 0 Å². The Morgan fingerprint density at radius 2 is 1.95 bits per heavy atom. The van der Waals surface area contributed by atoms with Gasteiger partial charge in [0, 0.05) is 46.3 Å². The quantitative estimate of drug-likeness (QED) is 0.792. The molecule has 102 valence electrons. The molecule has 2 aromatic rings. The van der Waals surface area contributed by atoms with Crippen molar-refractivity contribution in [3.05, 3.63) is 42.0 Å². The number of benzene rings is 1. The third kappa shape index (κ3) is 4.06. The van der Waals surface area contributed by atoms with Crippen LogP contribution in [0.25, 0.3) is 0 Å². The van der Waals surface area contributed by atoms with Gasteiger partial charge in [0.2, 0.25) is 0 Å². The zero-order valence-corrected chi connectivity index (χ0v) is 11.8. The molecule has 0 saturated carbocycles. The van der Waals surface area contributed by atoms with Gasteiger partial charge >= 0.3 is 0 Å². The van der Waals surface area contributed by atoms with Crippen molar-refractivity contribution in [2.24, 2.45) is 7.05 Å². The Kier molecular flexibility index (Phi) is 4.52. The molecule has 1 aromatic heterocycles. The smallest absolute Gasteiger partial charge is 0.151 e. The van der Waals surface area contributed by atoms with Crippen LogP contribution >= 0.6 is 0 Å². The lowest BCUT2D eigenvalue weighted by molar-refractivity contribution is 0.661. The molecule has 2 rings (SSSR count). The molecule has 0 aliphatic rings. The highest BCUT2D eigenvalue weighted by Gasteiger charge is 1.99. The molecule has 19 heavy (non-hydrogen) atoms. The maximum atomic E-state index is 4.25. The van der Waals surface area contributed by atoms with Crippen LogP contribution in [0.1, 0.15) is 11.4 Å². The van der Waals surface area contributed by atoms with E-state index in [0.717, 1.165) is 25.3 Å². The molecular weight excluding hydrogens is 238 g/mol. The molecule has 0 spiro atoms. The Bertz CT molecular complexity index is 501. The summed E-state index contributed by atoms with van der Waals surface area (Å²) in [5.41, 5.74) is 2.51. The first-order chi connectivity index (χ1) is 9.15. The van der Waals surface area contributed by atoms with Crippen molar-refractivity contribution in [3.63, 3.8) is 0 Å². The summed E-state index contributed by atoms with van der Waals surface area (Å²) in [6.07, 6.45) is 2.59. The highest BCUT2D eigenvalue weighted by atomic mass is 15.3. The Labute approximate surface area is 114 Å². The number of hydrogen-bond donors (Lipinski definition) is 1. The largest absolute Gasteiger partial charge is 0.378 e. The van der Waals surface area contributed by atoms with Crippen LogP contribution in [-0.4, -0.2) is 35.4 Å². The molecule has 0 atom stereocenters. The molecule has 0 aliphatic carbocycles. The predicted molar refractivity (Wildman–Crippen MR) is 77.2 cm³/mol. The molecule has 0 fully saturated rings. The average molecular weight is 259 g/mol. The molecule has 1 N–H and O–H groups in total. The molecule has 1 heterocycles. The maximum Gasteiger partial charge on any atom is 0.151 e. The third-order valence-corrected chi connectivity index (χ3v) is 2.95. The first-order valence-electron chi connectivity index (χ1n) is 6.46. The Hall–Kier alpha value is -1.88. The fourth-order valence-corrected chi connectivity index (χ4v) is 1.84. The van der Waals surface area contributed by atoms with Gasteiger partial charge in [0.05, 0.1) is 0 Å². The lowest BCUT2D eigenvalue weighted by Crippen LogP contribution is -2.17. The summed E-state index contributed by atoms with van der Waals surface area (Å²) in [6, 6.07) is 8.58. The summed E-state index contributed by atoms with van der Waals surface area (Å²) in [6.45, 7) is 1.76. The first-order valence-corrected chi connectivity index (χ1v) is 6.46. The fourth-order valence-electron chi connectivity index (χ4n) is 1.84. The standard InChI is InChI=1S/C14H21N5/c1-18(2)13-6-4-12(5-7-13)10-15-9-8-14-16-11-19(3)17-14/h4-7,11,15H,8-10H2,1-3H3. The Morgan fingerprint density at radius 1 is 1.21 bits per heavy atom. The maximum absolute atomic E-state index is 4.25. The van der Waals surface area contributed by atoms with Crippen molar-refractivity contribution in [3.8, 4) is 0 Å². The van der Waals surface area contributed by atoms with Gasteiger partial charge in [-0.25, -0.2) is 4.98 Å². The highest BCUT2D eigenvalue weighted by Crippen LogP contribution is 2.11. The second-order valence-corrected chi connectivity index (χ2v) is 4.82.